The lowest BCUT2D eigenvalue weighted by Crippen LogP contribution is -2.39. The molecule has 1 aromatic carbocycles. The number of hydrogen-bond acceptors (Lipinski definition) is 3. The third-order valence-electron chi connectivity index (χ3n) is 4.57. The topological polar surface area (TPSA) is 67.2 Å². The van der Waals surface area contributed by atoms with Crippen LogP contribution in [0.2, 0.25) is 10.0 Å². The molecule has 1 fully saturated rings. The maximum atomic E-state index is 13.0. The molecule has 0 bridgehead atoms. The molecule has 27 heavy (non-hydrogen) atoms. The van der Waals surface area contributed by atoms with Crippen LogP contribution in [0.4, 0.5) is 4.39 Å². The summed E-state index contributed by atoms with van der Waals surface area (Å²) in [6.07, 6.45) is 7.56. The molecular formula is C20H24Cl2FN3O. The van der Waals surface area contributed by atoms with E-state index in [0.717, 1.165) is 31.8 Å². The van der Waals surface area contributed by atoms with E-state index in [4.69, 9.17) is 28.9 Å². The summed E-state index contributed by atoms with van der Waals surface area (Å²) in [5.41, 5.74) is 6.20. The van der Waals surface area contributed by atoms with Gasteiger partial charge in [0.1, 0.15) is 5.83 Å². The first-order valence-electron chi connectivity index (χ1n) is 8.84. The van der Waals surface area contributed by atoms with Gasteiger partial charge >= 0.3 is 0 Å². The average molecular weight is 412 g/mol. The number of carbonyl (C=O) groups is 1. The highest BCUT2D eigenvalue weighted by molar-refractivity contribution is 6.35. The van der Waals surface area contributed by atoms with Crippen molar-refractivity contribution < 1.29 is 9.18 Å². The number of carbonyl (C=O) groups excluding carboxylic acids is 1. The Bertz CT molecular complexity index is 741. The molecule has 0 aromatic heterocycles. The lowest BCUT2D eigenvalue weighted by molar-refractivity contribution is 0.0922. The van der Waals surface area contributed by atoms with Gasteiger partial charge in [-0.05, 0) is 68.0 Å². The van der Waals surface area contributed by atoms with Gasteiger partial charge in [0.2, 0.25) is 0 Å². The van der Waals surface area contributed by atoms with Crippen LogP contribution in [0.15, 0.2) is 54.7 Å². The highest BCUT2D eigenvalue weighted by Gasteiger charge is 2.23. The lowest BCUT2D eigenvalue weighted by atomic mass is 9.86. The van der Waals surface area contributed by atoms with Crippen LogP contribution in [0.1, 0.15) is 36.0 Å². The van der Waals surface area contributed by atoms with Crippen molar-refractivity contribution in [1.29, 1.82) is 0 Å². The molecule has 1 amide bonds. The summed E-state index contributed by atoms with van der Waals surface area (Å²) < 4.78 is 13.0. The van der Waals surface area contributed by atoms with Crippen LogP contribution in [0.5, 0.6) is 0 Å². The molecule has 0 spiro atoms. The number of halogens is 3. The van der Waals surface area contributed by atoms with Crippen LogP contribution in [-0.4, -0.2) is 18.5 Å². The van der Waals surface area contributed by atoms with Crippen molar-refractivity contribution in [2.24, 2.45) is 11.7 Å². The maximum Gasteiger partial charge on any atom is 0.253 e. The lowest BCUT2D eigenvalue weighted by Gasteiger charge is -2.29. The second-order valence-electron chi connectivity index (χ2n) is 6.57. The van der Waals surface area contributed by atoms with Crippen LogP contribution in [-0.2, 0) is 0 Å². The Morgan fingerprint density at radius 3 is 2.63 bits per heavy atom. The van der Waals surface area contributed by atoms with Crippen molar-refractivity contribution >= 4 is 29.1 Å². The molecule has 0 saturated heterocycles. The zero-order valence-corrected chi connectivity index (χ0v) is 16.5. The van der Waals surface area contributed by atoms with Gasteiger partial charge in [-0.25, -0.2) is 4.39 Å². The fraction of sp³-hybridized carbons (Fsp3) is 0.350. The minimum atomic E-state index is -0.434. The summed E-state index contributed by atoms with van der Waals surface area (Å²) in [4.78, 5) is 12.4. The van der Waals surface area contributed by atoms with E-state index in [9.17, 15) is 9.18 Å². The molecule has 0 radical (unpaired) electrons. The van der Waals surface area contributed by atoms with E-state index in [1.165, 1.54) is 12.2 Å². The fourth-order valence-corrected chi connectivity index (χ4v) is 3.38. The molecule has 7 heteroatoms. The Kier molecular flexibility index (Phi) is 8.20. The number of hydrogen-bond donors (Lipinski definition) is 3. The number of nitrogens with one attached hydrogen (secondary N) is 2. The van der Waals surface area contributed by atoms with Crippen molar-refractivity contribution in [3.63, 3.8) is 0 Å². The van der Waals surface area contributed by atoms with Crippen LogP contribution < -0.4 is 16.4 Å². The highest BCUT2D eigenvalue weighted by atomic mass is 35.5. The van der Waals surface area contributed by atoms with Gasteiger partial charge in [-0.2, -0.15) is 0 Å². The quantitative estimate of drug-likeness (QED) is 0.569. The summed E-state index contributed by atoms with van der Waals surface area (Å²) in [5, 5.41) is 7.00. The Morgan fingerprint density at radius 1 is 1.26 bits per heavy atom. The zero-order chi connectivity index (χ0) is 19.8. The second-order valence-corrected chi connectivity index (χ2v) is 7.42. The molecule has 146 valence electrons. The Morgan fingerprint density at radius 2 is 1.96 bits per heavy atom. The summed E-state index contributed by atoms with van der Waals surface area (Å²) >= 11 is 12.0. The van der Waals surface area contributed by atoms with Gasteiger partial charge < -0.3 is 16.4 Å². The van der Waals surface area contributed by atoms with Gasteiger partial charge in [0.25, 0.3) is 5.91 Å². The molecule has 0 aliphatic heterocycles. The molecular weight excluding hydrogens is 388 g/mol. The average Bonchev–Trinajstić information content (AvgIpc) is 2.67. The van der Waals surface area contributed by atoms with Crippen LogP contribution in [0.3, 0.4) is 0 Å². The first kappa shape index (κ1) is 21.3. The van der Waals surface area contributed by atoms with Crippen molar-refractivity contribution in [3.05, 3.63) is 70.3 Å². The first-order chi connectivity index (χ1) is 12.9. The fourth-order valence-electron chi connectivity index (χ4n) is 3.00. The second kappa shape index (κ2) is 10.4. The standard InChI is InChI=1S/C20H24Cl2FN3O/c1-2-15(23)6-10-19(24)25-12-13-3-7-16(8-4-13)26-20(27)17-11-14(21)5-9-18(17)22/h2,5-6,9-11,13,16,25H,1,3-4,7-8,12,24H2,(H,26,27)/b15-6+,19-10+. The number of benzene rings is 1. The highest BCUT2D eigenvalue weighted by Crippen LogP contribution is 2.25. The summed E-state index contributed by atoms with van der Waals surface area (Å²) in [5.74, 6) is 0.231. The molecule has 4 N–H and O–H groups in total. The van der Waals surface area contributed by atoms with Crippen molar-refractivity contribution in [2.75, 3.05) is 6.54 Å². The van der Waals surface area contributed by atoms with Crippen molar-refractivity contribution in [2.45, 2.75) is 31.7 Å². The molecule has 2 rings (SSSR count). The number of amides is 1. The van der Waals surface area contributed by atoms with Gasteiger partial charge in [-0.1, -0.05) is 29.8 Å². The van der Waals surface area contributed by atoms with Crippen LogP contribution >= 0.6 is 23.2 Å². The molecule has 1 aliphatic carbocycles. The number of allylic oxidation sites excluding steroid dienone is 4. The monoisotopic (exact) mass is 411 g/mol. The summed E-state index contributed by atoms with van der Waals surface area (Å²) in [6.45, 7) is 4.05. The molecule has 0 heterocycles. The van der Waals surface area contributed by atoms with E-state index in [-0.39, 0.29) is 11.9 Å². The number of nitrogens with two attached hydrogens (primary N) is 1. The summed E-state index contributed by atoms with van der Waals surface area (Å²) in [7, 11) is 0. The van der Waals surface area contributed by atoms with Gasteiger partial charge in [0.15, 0.2) is 0 Å². The SMILES string of the molecule is C=C/C(F)=C\C=C(/N)NCC1CCC(NC(=O)c2cc(Cl)ccc2Cl)CC1. The van der Waals surface area contributed by atoms with Gasteiger partial charge in [-0.15, -0.1) is 0 Å². The van der Waals surface area contributed by atoms with E-state index in [0.29, 0.717) is 33.9 Å². The predicted molar refractivity (Wildman–Crippen MR) is 109 cm³/mol. The minimum absolute atomic E-state index is 0.112. The Labute approximate surface area is 169 Å². The molecule has 0 unspecified atom stereocenters. The maximum absolute atomic E-state index is 13.0. The Hall–Kier alpha value is -1.98. The Balaban J connectivity index is 1.77. The zero-order valence-electron chi connectivity index (χ0n) is 15.0. The first-order valence-corrected chi connectivity index (χ1v) is 9.59. The molecule has 4 nitrogen and oxygen atoms in total. The molecule has 1 aromatic rings. The summed E-state index contributed by atoms with van der Waals surface area (Å²) in [6, 6.07) is 4.96. The smallest absolute Gasteiger partial charge is 0.253 e. The third-order valence-corrected chi connectivity index (χ3v) is 5.13. The van der Waals surface area contributed by atoms with E-state index < -0.39 is 5.83 Å². The van der Waals surface area contributed by atoms with Gasteiger partial charge in [0, 0.05) is 17.6 Å². The minimum Gasteiger partial charge on any atom is -0.386 e. The molecule has 0 atom stereocenters. The molecule has 1 aliphatic rings. The van der Waals surface area contributed by atoms with E-state index >= 15 is 0 Å². The van der Waals surface area contributed by atoms with Crippen LogP contribution in [0.25, 0.3) is 0 Å². The number of rotatable bonds is 7. The van der Waals surface area contributed by atoms with E-state index in [2.05, 4.69) is 17.2 Å². The van der Waals surface area contributed by atoms with E-state index in [1.807, 2.05) is 0 Å². The van der Waals surface area contributed by atoms with Gasteiger partial charge in [0.05, 0.1) is 16.4 Å². The van der Waals surface area contributed by atoms with Crippen molar-refractivity contribution in [1.82, 2.24) is 10.6 Å². The van der Waals surface area contributed by atoms with Crippen LogP contribution in [0, 0.1) is 5.92 Å². The van der Waals surface area contributed by atoms with Crippen molar-refractivity contribution in [3.8, 4) is 0 Å². The normalized spacial score (nSPS) is 20.9. The van der Waals surface area contributed by atoms with Gasteiger partial charge in [-0.3, -0.25) is 4.79 Å². The molecule has 1 saturated carbocycles. The predicted octanol–water partition coefficient (Wildman–Crippen LogP) is 4.71. The largest absolute Gasteiger partial charge is 0.386 e. The van der Waals surface area contributed by atoms with E-state index in [1.54, 1.807) is 18.2 Å². The third kappa shape index (κ3) is 6.92.